The Kier molecular flexibility index (Phi) is 4.42. The lowest BCUT2D eigenvalue weighted by Gasteiger charge is -2.14. The van der Waals surface area contributed by atoms with E-state index in [2.05, 4.69) is 24.9 Å². The average Bonchev–Trinajstić information content (AvgIpc) is 2.75. The maximum atomic E-state index is 5.94. The van der Waals surface area contributed by atoms with Crippen LogP contribution in [0.2, 0.25) is 0 Å². The second-order valence-corrected chi connectivity index (χ2v) is 5.77. The molecule has 2 heterocycles. The van der Waals surface area contributed by atoms with E-state index in [4.69, 9.17) is 10.5 Å². The molecule has 0 aliphatic carbocycles. The van der Waals surface area contributed by atoms with Crippen molar-refractivity contribution in [3.05, 3.63) is 24.0 Å². The Balaban J connectivity index is 1.98. The van der Waals surface area contributed by atoms with Crippen LogP contribution >= 0.6 is 11.8 Å². The number of rotatable bonds is 4. The minimum absolute atomic E-state index is 0.0581. The second kappa shape index (κ2) is 5.85. The Hall–Kier alpha value is -0.580. The minimum atomic E-state index is 0.0581. The normalized spacial score (nSPS) is 26.1. The van der Waals surface area contributed by atoms with Gasteiger partial charge in [0, 0.05) is 29.0 Å². The first-order valence-corrected chi connectivity index (χ1v) is 7.08. The van der Waals surface area contributed by atoms with Crippen LogP contribution in [0.1, 0.15) is 38.4 Å². The van der Waals surface area contributed by atoms with Crippen molar-refractivity contribution in [2.45, 2.75) is 49.0 Å². The van der Waals surface area contributed by atoms with Crippen LogP contribution in [0.4, 0.5) is 0 Å². The van der Waals surface area contributed by atoms with Gasteiger partial charge in [-0.25, -0.2) is 0 Å². The van der Waals surface area contributed by atoms with Gasteiger partial charge in [-0.2, -0.15) is 0 Å². The zero-order chi connectivity index (χ0) is 12.3. The third-order valence-corrected chi connectivity index (χ3v) is 4.61. The average molecular weight is 252 g/mol. The molecule has 94 valence electrons. The molecule has 0 radical (unpaired) electrons. The molecule has 4 heteroatoms. The number of thioether (sulfide) groups is 1. The van der Waals surface area contributed by atoms with E-state index in [1.165, 1.54) is 4.90 Å². The van der Waals surface area contributed by atoms with Gasteiger partial charge >= 0.3 is 0 Å². The first kappa shape index (κ1) is 12.9. The SMILES string of the molecule is CC[C@@H](N)c1ccc(SC2CCOC2C)cn1. The Morgan fingerprint density at radius 1 is 1.59 bits per heavy atom. The van der Waals surface area contributed by atoms with E-state index in [1.54, 1.807) is 0 Å². The van der Waals surface area contributed by atoms with Crippen LogP contribution in [0.5, 0.6) is 0 Å². The standard InChI is InChI=1S/C13H20N2OS/c1-3-11(14)12-5-4-10(8-15-12)17-13-6-7-16-9(13)2/h4-5,8-9,11,13H,3,6-7,14H2,1-2H3/t9?,11-,13?/m1/s1. The van der Waals surface area contributed by atoms with Gasteiger partial charge in [0.15, 0.2) is 0 Å². The Labute approximate surface area is 107 Å². The Bertz CT molecular complexity index is 355. The number of nitrogens with zero attached hydrogens (tertiary/aromatic N) is 1. The lowest BCUT2D eigenvalue weighted by Crippen LogP contribution is -2.13. The third-order valence-electron chi connectivity index (χ3n) is 3.17. The third kappa shape index (κ3) is 3.21. The molecular weight excluding hydrogens is 232 g/mol. The molecule has 1 aliphatic heterocycles. The summed E-state index contributed by atoms with van der Waals surface area (Å²) < 4.78 is 5.56. The molecule has 0 bridgehead atoms. The molecule has 0 amide bonds. The molecule has 1 fully saturated rings. The number of pyridine rings is 1. The van der Waals surface area contributed by atoms with Gasteiger partial charge in [-0.1, -0.05) is 6.92 Å². The molecule has 0 spiro atoms. The van der Waals surface area contributed by atoms with Gasteiger partial charge in [-0.15, -0.1) is 11.8 Å². The highest BCUT2D eigenvalue weighted by Crippen LogP contribution is 2.32. The summed E-state index contributed by atoms with van der Waals surface area (Å²) in [6.45, 7) is 5.09. The largest absolute Gasteiger partial charge is 0.377 e. The second-order valence-electron chi connectivity index (χ2n) is 4.45. The van der Waals surface area contributed by atoms with E-state index in [0.29, 0.717) is 11.4 Å². The summed E-state index contributed by atoms with van der Waals surface area (Å²) in [4.78, 5) is 5.64. The van der Waals surface area contributed by atoms with Crippen LogP contribution in [0.15, 0.2) is 23.2 Å². The van der Waals surface area contributed by atoms with Crippen molar-refractivity contribution in [3.63, 3.8) is 0 Å². The van der Waals surface area contributed by atoms with Crippen LogP contribution in [0.3, 0.4) is 0 Å². The van der Waals surface area contributed by atoms with Gasteiger partial charge in [-0.3, -0.25) is 4.98 Å². The minimum Gasteiger partial charge on any atom is -0.377 e. The fourth-order valence-electron chi connectivity index (χ4n) is 1.93. The highest BCUT2D eigenvalue weighted by atomic mass is 32.2. The zero-order valence-electron chi connectivity index (χ0n) is 10.4. The molecule has 2 N–H and O–H groups in total. The molecule has 3 atom stereocenters. The van der Waals surface area contributed by atoms with E-state index in [9.17, 15) is 0 Å². The van der Waals surface area contributed by atoms with E-state index in [0.717, 1.165) is 25.1 Å². The van der Waals surface area contributed by atoms with Crippen molar-refractivity contribution >= 4 is 11.8 Å². The maximum absolute atomic E-state index is 5.94. The van der Waals surface area contributed by atoms with Crippen molar-refractivity contribution in [2.75, 3.05) is 6.61 Å². The fourth-order valence-corrected chi connectivity index (χ4v) is 3.03. The van der Waals surface area contributed by atoms with Gasteiger partial charge in [-0.05, 0) is 31.9 Å². The molecule has 0 saturated carbocycles. The Morgan fingerprint density at radius 3 is 2.94 bits per heavy atom. The maximum Gasteiger partial charge on any atom is 0.0669 e. The van der Waals surface area contributed by atoms with E-state index < -0.39 is 0 Å². The summed E-state index contributed by atoms with van der Waals surface area (Å²) in [5.41, 5.74) is 6.92. The van der Waals surface area contributed by atoms with E-state index in [-0.39, 0.29) is 6.04 Å². The quantitative estimate of drug-likeness (QED) is 0.895. The number of hydrogen-bond donors (Lipinski definition) is 1. The number of nitrogens with two attached hydrogens (primary N) is 1. The molecule has 1 saturated heterocycles. The first-order chi connectivity index (χ1) is 8.20. The fraction of sp³-hybridized carbons (Fsp3) is 0.615. The predicted octanol–water partition coefficient (Wildman–Crippen LogP) is 2.76. The van der Waals surface area contributed by atoms with Crippen molar-refractivity contribution in [1.82, 2.24) is 4.98 Å². The Morgan fingerprint density at radius 2 is 2.41 bits per heavy atom. The van der Waals surface area contributed by atoms with Crippen LogP contribution in [-0.2, 0) is 4.74 Å². The molecule has 1 aromatic rings. The predicted molar refractivity (Wildman–Crippen MR) is 71.1 cm³/mol. The smallest absolute Gasteiger partial charge is 0.0669 e. The summed E-state index contributed by atoms with van der Waals surface area (Å²) in [6.07, 6.45) is 4.33. The molecule has 3 nitrogen and oxygen atoms in total. The van der Waals surface area contributed by atoms with Crippen molar-refractivity contribution in [2.24, 2.45) is 5.73 Å². The topological polar surface area (TPSA) is 48.1 Å². The van der Waals surface area contributed by atoms with Gasteiger partial charge in [0.25, 0.3) is 0 Å². The summed E-state index contributed by atoms with van der Waals surface area (Å²) in [5.74, 6) is 0. The van der Waals surface area contributed by atoms with Crippen LogP contribution < -0.4 is 5.73 Å². The number of ether oxygens (including phenoxy) is 1. The number of hydrogen-bond acceptors (Lipinski definition) is 4. The van der Waals surface area contributed by atoms with Gasteiger partial charge in [0.2, 0.25) is 0 Å². The molecule has 1 aliphatic rings. The lowest BCUT2D eigenvalue weighted by molar-refractivity contribution is 0.127. The number of aromatic nitrogens is 1. The summed E-state index contributed by atoms with van der Waals surface area (Å²) in [6, 6.07) is 4.22. The lowest BCUT2D eigenvalue weighted by atomic mass is 10.1. The zero-order valence-corrected chi connectivity index (χ0v) is 11.2. The summed E-state index contributed by atoms with van der Waals surface area (Å²) in [7, 11) is 0. The first-order valence-electron chi connectivity index (χ1n) is 6.20. The molecule has 0 aromatic carbocycles. The summed E-state index contributed by atoms with van der Waals surface area (Å²) in [5, 5.41) is 0.558. The molecule has 2 unspecified atom stereocenters. The highest BCUT2D eigenvalue weighted by molar-refractivity contribution is 8.00. The monoisotopic (exact) mass is 252 g/mol. The van der Waals surface area contributed by atoms with Crippen LogP contribution in [-0.4, -0.2) is 22.9 Å². The van der Waals surface area contributed by atoms with Crippen LogP contribution in [0.25, 0.3) is 0 Å². The van der Waals surface area contributed by atoms with Gasteiger partial charge < -0.3 is 10.5 Å². The highest BCUT2D eigenvalue weighted by Gasteiger charge is 2.25. The molecule has 1 aromatic heterocycles. The summed E-state index contributed by atoms with van der Waals surface area (Å²) >= 11 is 1.86. The van der Waals surface area contributed by atoms with E-state index in [1.807, 2.05) is 24.0 Å². The van der Waals surface area contributed by atoms with E-state index >= 15 is 0 Å². The van der Waals surface area contributed by atoms with Crippen molar-refractivity contribution < 1.29 is 4.74 Å². The van der Waals surface area contributed by atoms with Crippen molar-refractivity contribution in [1.29, 1.82) is 0 Å². The van der Waals surface area contributed by atoms with Gasteiger partial charge in [0.1, 0.15) is 0 Å². The molecule has 2 rings (SSSR count). The molecule has 17 heavy (non-hydrogen) atoms. The van der Waals surface area contributed by atoms with Crippen molar-refractivity contribution in [3.8, 4) is 0 Å². The van der Waals surface area contributed by atoms with Crippen LogP contribution in [0, 0.1) is 0 Å². The van der Waals surface area contributed by atoms with Gasteiger partial charge in [0.05, 0.1) is 11.8 Å². The molecular formula is C13H20N2OS.